The Balaban J connectivity index is 1.13. The Hall–Kier alpha value is -3.59. The highest BCUT2D eigenvalue weighted by Gasteiger charge is 2.67. The second-order valence-electron chi connectivity index (χ2n) is 10.8. The predicted octanol–water partition coefficient (Wildman–Crippen LogP) is 3.33. The summed E-state index contributed by atoms with van der Waals surface area (Å²) >= 11 is 0. The van der Waals surface area contributed by atoms with Gasteiger partial charge in [-0.3, -0.25) is 9.69 Å². The van der Waals surface area contributed by atoms with Crippen LogP contribution in [0.4, 0.5) is 4.39 Å². The number of halogens is 1. The lowest BCUT2D eigenvalue weighted by Crippen LogP contribution is -2.55. The molecule has 3 aromatic carbocycles. The summed E-state index contributed by atoms with van der Waals surface area (Å²) in [7, 11) is 1.88. The number of carbonyl (C=O) groups is 2. The topological polar surface area (TPSA) is 88.6 Å². The van der Waals surface area contributed by atoms with Crippen molar-refractivity contribution in [2.75, 3.05) is 13.7 Å². The van der Waals surface area contributed by atoms with E-state index < -0.39 is 41.8 Å². The molecule has 1 N–H and O–H groups in total. The first-order chi connectivity index (χ1) is 18.9. The molecule has 0 radical (unpaired) electrons. The fourth-order valence-corrected chi connectivity index (χ4v) is 6.72. The van der Waals surface area contributed by atoms with Gasteiger partial charge in [0, 0.05) is 23.6 Å². The van der Waals surface area contributed by atoms with Crippen LogP contribution in [0.1, 0.15) is 29.0 Å². The molecule has 3 aliphatic heterocycles. The fourth-order valence-electron chi connectivity index (χ4n) is 6.72. The van der Waals surface area contributed by atoms with E-state index in [0.717, 1.165) is 11.1 Å². The number of nitrogens with zero attached hydrogens (tertiary/aromatic N) is 1. The van der Waals surface area contributed by atoms with Crippen LogP contribution < -0.4 is 0 Å². The molecular weight excluding hydrogens is 501 g/mol. The van der Waals surface area contributed by atoms with Crippen LogP contribution in [0.25, 0.3) is 11.1 Å². The van der Waals surface area contributed by atoms with E-state index in [1.807, 2.05) is 42.3 Å². The molecule has 3 saturated heterocycles. The predicted molar refractivity (Wildman–Crippen MR) is 138 cm³/mol. The number of epoxide rings is 1. The number of hydrogen-bond donors (Lipinski definition) is 1. The van der Waals surface area contributed by atoms with Crippen molar-refractivity contribution in [1.82, 2.24) is 4.90 Å². The lowest BCUT2D eigenvalue weighted by atomic mass is 9.91. The summed E-state index contributed by atoms with van der Waals surface area (Å²) in [5.41, 5.74) is 0.915. The summed E-state index contributed by atoms with van der Waals surface area (Å²) in [5.74, 6) is -2.54. The first-order valence-corrected chi connectivity index (χ1v) is 13.3. The van der Waals surface area contributed by atoms with Crippen LogP contribution in [0, 0.1) is 0 Å². The van der Waals surface area contributed by atoms with Crippen LogP contribution >= 0.6 is 0 Å². The van der Waals surface area contributed by atoms with Gasteiger partial charge in [-0.2, -0.15) is 0 Å². The Kier molecular flexibility index (Phi) is 5.63. The Labute approximate surface area is 225 Å². The van der Waals surface area contributed by atoms with Gasteiger partial charge in [-0.15, -0.1) is 0 Å². The molecule has 0 aromatic heterocycles. The van der Waals surface area contributed by atoms with Gasteiger partial charge in [0.25, 0.3) is 0 Å². The number of benzene rings is 3. The summed E-state index contributed by atoms with van der Waals surface area (Å²) < 4.78 is 32.5. The third-order valence-electron chi connectivity index (χ3n) is 8.78. The summed E-state index contributed by atoms with van der Waals surface area (Å²) in [6, 6.07) is 22.7. The van der Waals surface area contributed by atoms with Gasteiger partial charge in [0.1, 0.15) is 30.8 Å². The molecule has 39 heavy (non-hydrogen) atoms. The number of carbonyl (C=O) groups excluding carboxylic acids is 2. The minimum atomic E-state index is -2.02. The molecule has 3 aromatic rings. The molecule has 0 saturated carbocycles. The number of rotatable bonds is 6. The van der Waals surface area contributed by atoms with Crippen LogP contribution in [-0.2, 0) is 29.4 Å². The van der Waals surface area contributed by atoms with Gasteiger partial charge >= 0.3 is 11.9 Å². The van der Waals surface area contributed by atoms with Crippen molar-refractivity contribution in [2.24, 2.45) is 0 Å². The van der Waals surface area contributed by atoms with E-state index in [1.54, 1.807) is 48.5 Å². The van der Waals surface area contributed by atoms with Gasteiger partial charge in [0.2, 0.25) is 5.60 Å². The average Bonchev–Trinajstić information content (AvgIpc) is 3.65. The van der Waals surface area contributed by atoms with Gasteiger partial charge in [-0.05, 0) is 23.7 Å². The van der Waals surface area contributed by atoms with E-state index in [-0.39, 0.29) is 24.9 Å². The summed E-state index contributed by atoms with van der Waals surface area (Å²) in [6.07, 6.45) is -2.10. The van der Waals surface area contributed by atoms with E-state index in [2.05, 4.69) is 0 Å². The second-order valence-corrected chi connectivity index (χ2v) is 10.8. The van der Waals surface area contributed by atoms with Crippen molar-refractivity contribution in [3.63, 3.8) is 0 Å². The molecule has 3 heterocycles. The quantitative estimate of drug-likeness (QED) is 0.387. The smallest absolute Gasteiger partial charge is 0.347 e. The molecule has 1 aliphatic carbocycles. The number of ether oxygens (including phenoxy) is 3. The summed E-state index contributed by atoms with van der Waals surface area (Å²) in [6.45, 7) is -0.362. The number of piperidine rings is 1. The molecule has 2 bridgehead atoms. The molecule has 4 aliphatic rings. The van der Waals surface area contributed by atoms with Crippen LogP contribution in [-0.4, -0.2) is 72.2 Å². The van der Waals surface area contributed by atoms with E-state index in [4.69, 9.17) is 14.2 Å². The molecular formula is C31H28FNO6. The van der Waals surface area contributed by atoms with E-state index >= 15 is 4.39 Å². The normalized spacial score (nSPS) is 30.0. The molecule has 7 nitrogen and oxygen atoms in total. The number of alkyl halides is 1. The molecule has 7 atom stereocenters. The second kappa shape index (κ2) is 8.98. The molecule has 3 fully saturated rings. The number of fused-ring (bicyclic) bond motifs is 8. The van der Waals surface area contributed by atoms with Gasteiger partial charge in [-0.1, -0.05) is 78.9 Å². The van der Waals surface area contributed by atoms with Crippen LogP contribution in [0.5, 0.6) is 0 Å². The number of likely N-dealkylation sites (N-methyl/N-ethyl adjacent to an activating group) is 1. The van der Waals surface area contributed by atoms with Crippen LogP contribution in [0.2, 0.25) is 0 Å². The van der Waals surface area contributed by atoms with Gasteiger partial charge < -0.3 is 19.3 Å². The lowest BCUT2D eigenvalue weighted by molar-refractivity contribution is -0.169. The Morgan fingerprint density at radius 2 is 1.62 bits per heavy atom. The van der Waals surface area contributed by atoms with Crippen molar-refractivity contribution >= 4 is 11.9 Å². The summed E-state index contributed by atoms with van der Waals surface area (Å²) in [5, 5.41) is 11.7. The fraction of sp³-hybridized carbons (Fsp3) is 0.355. The van der Waals surface area contributed by atoms with Crippen molar-refractivity contribution in [1.29, 1.82) is 0 Å². The van der Waals surface area contributed by atoms with Gasteiger partial charge in [-0.25, -0.2) is 9.18 Å². The Bertz CT molecular complexity index is 1400. The maximum atomic E-state index is 15.4. The van der Waals surface area contributed by atoms with Gasteiger partial charge in [0.05, 0.1) is 6.04 Å². The first kappa shape index (κ1) is 24.5. The van der Waals surface area contributed by atoms with Crippen molar-refractivity contribution < 1.29 is 33.3 Å². The van der Waals surface area contributed by atoms with E-state index in [1.165, 1.54) is 0 Å². The standard InChI is InChI=1S/C31H28FNO6/c1-33-23-15-24(25(32)26(33)28-27(23)39-28)38-29(34)20(17-9-3-2-4-10-17)16-37-30(35)31(36)21-13-7-5-11-18(21)19-12-6-8-14-22(19)31/h2-14,20,23-28,36H,15-16H2,1H3/t20?,23?,24-,25?,26?,27-,28+/m1/s1. The maximum Gasteiger partial charge on any atom is 0.347 e. The Morgan fingerprint density at radius 1 is 1.00 bits per heavy atom. The van der Waals surface area contributed by atoms with E-state index in [0.29, 0.717) is 23.1 Å². The first-order valence-electron chi connectivity index (χ1n) is 13.3. The van der Waals surface area contributed by atoms with Crippen molar-refractivity contribution in [2.45, 2.75) is 54.5 Å². The average molecular weight is 530 g/mol. The highest BCUT2D eigenvalue weighted by Crippen LogP contribution is 2.50. The minimum Gasteiger partial charge on any atom is -0.462 e. The van der Waals surface area contributed by atoms with E-state index in [9.17, 15) is 14.7 Å². The largest absolute Gasteiger partial charge is 0.462 e. The SMILES string of the molecule is CN1C2C[C@@H](OC(=O)C(COC(=O)C3(O)c4ccccc4-c4ccccc43)c3ccccc3)C(F)C1[C@@H]1O[C@H]21. The van der Waals surface area contributed by atoms with Crippen LogP contribution in [0.15, 0.2) is 78.9 Å². The number of hydrogen-bond acceptors (Lipinski definition) is 7. The number of esters is 2. The maximum absolute atomic E-state index is 15.4. The van der Waals surface area contributed by atoms with Gasteiger partial charge in [0.15, 0.2) is 6.17 Å². The zero-order valence-corrected chi connectivity index (χ0v) is 21.3. The zero-order chi connectivity index (χ0) is 26.9. The lowest BCUT2D eigenvalue weighted by Gasteiger charge is -2.40. The monoisotopic (exact) mass is 529 g/mol. The minimum absolute atomic E-state index is 0.00858. The highest BCUT2D eigenvalue weighted by atomic mass is 19.1. The molecule has 8 heteroatoms. The molecule has 0 amide bonds. The molecule has 7 rings (SSSR count). The molecule has 200 valence electrons. The zero-order valence-electron chi connectivity index (χ0n) is 21.3. The number of aliphatic hydroxyl groups is 1. The molecule has 0 spiro atoms. The van der Waals surface area contributed by atoms with Crippen molar-refractivity contribution in [3.8, 4) is 11.1 Å². The van der Waals surface area contributed by atoms with Crippen molar-refractivity contribution in [3.05, 3.63) is 95.6 Å². The highest BCUT2D eigenvalue weighted by molar-refractivity contribution is 5.96. The number of morpholine rings is 1. The summed E-state index contributed by atoms with van der Waals surface area (Å²) in [4.78, 5) is 29.0. The Morgan fingerprint density at radius 3 is 2.28 bits per heavy atom. The molecule has 4 unspecified atom stereocenters. The van der Waals surface area contributed by atoms with Crippen LogP contribution in [0.3, 0.4) is 0 Å². The third kappa shape index (κ3) is 3.66. The third-order valence-corrected chi connectivity index (χ3v) is 8.78.